The Hall–Kier alpha value is -3.06. The van der Waals surface area contributed by atoms with Crippen LogP contribution >= 0.6 is 0 Å². The van der Waals surface area contributed by atoms with Crippen LogP contribution in [0, 0.1) is 5.82 Å². The molecule has 0 atom stereocenters. The fraction of sp³-hybridized carbons (Fsp3) is 0.167. The molecule has 4 N–H and O–H groups in total. The Morgan fingerprint density at radius 1 is 1.12 bits per heavy atom. The Kier molecular flexibility index (Phi) is 5.15. The maximum absolute atomic E-state index is 13.4. The van der Waals surface area contributed by atoms with Crippen LogP contribution in [0.3, 0.4) is 0 Å². The van der Waals surface area contributed by atoms with E-state index in [1.165, 1.54) is 18.5 Å². The zero-order valence-corrected chi connectivity index (χ0v) is 13.5. The van der Waals surface area contributed by atoms with Gasteiger partial charge in [0.15, 0.2) is 0 Å². The van der Waals surface area contributed by atoms with E-state index in [-0.39, 0.29) is 18.3 Å². The second kappa shape index (κ2) is 7.67. The molecule has 1 heterocycles. The number of anilines is 2. The number of aromatic nitrogens is 2. The third-order valence-electron chi connectivity index (χ3n) is 3.73. The van der Waals surface area contributed by atoms with Crippen LogP contribution in [-0.2, 0) is 11.2 Å². The molecule has 0 saturated heterocycles. The Bertz CT molecular complexity index is 882. The van der Waals surface area contributed by atoms with Gasteiger partial charge in [-0.2, -0.15) is 0 Å². The van der Waals surface area contributed by atoms with E-state index in [1.54, 1.807) is 6.07 Å². The molecular weight excluding hydrogens is 321 g/mol. The number of hydrogen-bond donors (Lipinski definition) is 3. The lowest BCUT2D eigenvalue weighted by Crippen LogP contribution is -2.21. The molecule has 0 bridgehead atoms. The number of nitrogens with zero attached hydrogens (tertiary/aromatic N) is 2. The van der Waals surface area contributed by atoms with Crippen LogP contribution in [0.5, 0.6) is 0 Å². The minimum Gasteiger partial charge on any atom is -0.369 e. The Labute approximate surface area is 144 Å². The highest BCUT2D eigenvalue weighted by atomic mass is 19.1. The number of benzene rings is 2. The van der Waals surface area contributed by atoms with Gasteiger partial charge >= 0.3 is 0 Å². The second-order valence-electron chi connectivity index (χ2n) is 5.51. The number of fused-ring (bicyclic) bond motifs is 1. The van der Waals surface area contributed by atoms with E-state index < -0.39 is 0 Å². The molecule has 0 aliphatic carbocycles. The Balaban J connectivity index is 1.61. The van der Waals surface area contributed by atoms with Crippen molar-refractivity contribution in [1.82, 2.24) is 9.97 Å². The molecule has 128 valence electrons. The summed E-state index contributed by atoms with van der Waals surface area (Å²) in [6, 6.07) is 12.0. The van der Waals surface area contributed by atoms with Crippen molar-refractivity contribution in [3.8, 4) is 0 Å². The average molecular weight is 339 g/mol. The van der Waals surface area contributed by atoms with Crippen molar-refractivity contribution in [3.05, 3.63) is 60.2 Å². The highest BCUT2D eigenvalue weighted by Crippen LogP contribution is 2.20. The third kappa shape index (κ3) is 4.27. The lowest BCUT2D eigenvalue weighted by atomic mass is 10.1. The molecule has 0 spiro atoms. The first-order valence-electron chi connectivity index (χ1n) is 7.89. The maximum Gasteiger partial charge on any atom is 0.238 e. The van der Waals surface area contributed by atoms with Gasteiger partial charge in [0.1, 0.15) is 18.0 Å². The largest absolute Gasteiger partial charge is 0.369 e. The molecule has 2 aromatic carbocycles. The van der Waals surface area contributed by atoms with E-state index in [9.17, 15) is 9.18 Å². The molecule has 0 aliphatic rings. The van der Waals surface area contributed by atoms with E-state index >= 15 is 0 Å². The van der Waals surface area contributed by atoms with Gasteiger partial charge in [0, 0.05) is 17.6 Å². The third-order valence-corrected chi connectivity index (χ3v) is 3.73. The first-order valence-corrected chi connectivity index (χ1v) is 7.89. The molecule has 1 amide bonds. The number of nitrogens with two attached hydrogens (primary N) is 1. The van der Waals surface area contributed by atoms with Crippen molar-refractivity contribution in [2.45, 2.75) is 6.42 Å². The van der Waals surface area contributed by atoms with Gasteiger partial charge in [0.05, 0.1) is 12.1 Å². The summed E-state index contributed by atoms with van der Waals surface area (Å²) in [5.41, 5.74) is 7.77. The average Bonchev–Trinajstić information content (AvgIpc) is 2.63. The standard InChI is InChI=1S/C18H18FN5O/c19-13-3-6-16-15(9-13)18(23-11-22-16)21-8-7-12-1-4-14(5-2-12)24-17(25)10-20/h1-6,9,11H,7-8,10,20H2,(H,24,25)(H,21,22,23). The topological polar surface area (TPSA) is 92.9 Å². The Morgan fingerprint density at radius 3 is 2.68 bits per heavy atom. The number of halogens is 1. The molecule has 0 saturated carbocycles. The van der Waals surface area contributed by atoms with E-state index in [0.717, 1.165) is 12.0 Å². The summed E-state index contributed by atoms with van der Waals surface area (Å²) in [7, 11) is 0. The molecule has 25 heavy (non-hydrogen) atoms. The van der Waals surface area contributed by atoms with Gasteiger partial charge in [-0.1, -0.05) is 12.1 Å². The van der Waals surface area contributed by atoms with Gasteiger partial charge in [-0.3, -0.25) is 4.79 Å². The Morgan fingerprint density at radius 2 is 1.92 bits per heavy atom. The highest BCUT2D eigenvalue weighted by molar-refractivity contribution is 5.92. The molecule has 3 rings (SSSR count). The molecule has 0 radical (unpaired) electrons. The number of carbonyl (C=O) groups excluding carboxylic acids is 1. The van der Waals surface area contributed by atoms with Gasteiger partial charge in [-0.05, 0) is 42.3 Å². The quantitative estimate of drug-likeness (QED) is 0.641. The molecule has 1 aromatic heterocycles. The van der Waals surface area contributed by atoms with Gasteiger partial charge in [-0.15, -0.1) is 0 Å². The first-order chi connectivity index (χ1) is 12.2. The number of carbonyl (C=O) groups is 1. The van der Waals surface area contributed by atoms with E-state index in [4.69, 9.17) is 5.73 Å². The zero-order valence-electron chi connectivity index (χ0n) is 13.5. The summed E-state index contributed by atoms with van der Waals surface area (Å²) in [5, 5.41) is 6.56. The van der Waals surface area contributed by atoms with Crippen molar-refractivity contribution in [1.29, 1.82) is 0 Å². The minimum absolute atomic E-state index is 0.0425. The molecule has 7 heteroatoms. The van der Waals surface area contributed by atoms with Crippen LogP contribution in [0.25, 0.3) is 10.9 Å². The summed E-state index contributed by atoms with van der Waals surface area (Å²) in [6.45, 7) is 0.594. The highest BCUT2D eigenvalue weighted by Gasteiger charge is 2.05. The smallest absolute Gasteiger partial charge is 0.238 e. The van der Waals surface area contributed by atoms with E-state index in [1.807, 2.05) is 24.3 Å². The first kappa shape index (κ1) is 16.8. The summed E-state index contributed by atoms with van der Waals surface area (Å²) >= 11 is 0. The second-order valence-corrected chi connectivity index (χ2v) is 5.51. The number of amides is 1. The molecule has 3 aromatic rings. The molecule has 6 nitrogen and oxygen atoms in total. The SMILES string of the molecule is NCC(=O)Nc1ccc(CCNc2ncnc3ccc(F)cc23)cc1. The lowest BCUT2D eigenvalue weighted by molar-refractivity contribution is -0.114. The monoisotopic (exact) mass is 339 g/mol. The zero-order chi connectivity index (χ0) is 17.6. The normalized spacial score (nSPS) is 10.6. The van der Waals surface area contributed by atoms with Gasteiger partial charge < -0.3 is 16.4 Å². The summed E-state index contributed by atoms with van der Waals surface area (Å²) in [5.74, 6) is 0.0640. The summed E-state index contributed by atoms with van der Waals surface area (Å²) in [6.07, 6.45) is 2.21. The number of rotatable bonds is 6. The fourth-order valence-corrected chi connectivity index (χ4v) is 2.46. The van der Waals surface area contributed by atoms with E-state index in [2.05, 4.69) is 20.6 Å². The molecule has 0 fully saturated rings. The van der Waals surface area contributed by atoms with Crippen LogP contribution in [-0.4, -0.2) is 29.0 Å². The predicted octanol–water partition coefficient (Wildman–Crippen LogP) is 2.32. The number of hydrogen-bond acceptors (Lipinski definition) is 5. The van der Waals surface area contributed by atoms with Crippen LogP contribution in [0.2, 0.25) is 0 Å². The fourth-order valence-electron chi connectivity index (χ4n) is 2.46. The molecule has 0 unspecified atom stereocenters. The lowest BCUT2D eigenvalue weighted by Gasteiger charge is -2.09. The molecule has 0 aliphatic heterocycles. The number of nitrogens with one attached hydrogen (secondary N) is 2. The van der Waals surface area contributed by atoms with Gasteiger partial charge in [0.25, 0.3) is 0 Å². The van der Waals surface area contributed by atoms with Crippen molar-refractivity contribution >= 4 is 28.3 Å². The summed E-state index contributed by atoms with van der Waals surface area (Å²) < 4.78 is 13.4. The van der Waals surface area contributed by atoms with Crippen molar-refractivity contribution in [2.75, 3.05) is 23.7 Å². The summed E-state index contributed by atoms with van der Waals surface area (Å²) in [4.78, 5) is 19.6. The maximum atomic E-state index is 13.4. The predicted molar refractivity (Wildman–Crippen MR) is 95.8 cm³/mol. The van der Waals surface area contributed by atoms with Crippen LogP contribution in [0.1, 0.15) is 5.56 Å². The van der Waals surface area contributed by atoms with Crippen molar-refractivity contribution < 1.29 is 9.18 Å². The van der Waals surface area contributed by atoms with Crippen molar-refractivity contribution in [2.24, 2.45) is 5.73 Å². The van der Waals surface area contributed by atoms with E-state index in [0.29, 0.717) is 29.0 Å². The van der Waals surface area contributed by atoms with Crippen LogP contribution in [0.4, 0.5) is 15.9 Å². The van der Waals surface area contributed by atoms with Crippen LogP contribution in [0.15, 0.2) is 48.8 Å². The molecular formula is C18H18FN5O. The van der Waals surface area contributed by atoms with Crippen molar-refractivity contribution in [3.63, 3.8) is 0 Å². The van der Waals surface area contributed by atoms with Gasteiger partial charge in [-0.25, -0.2) is 14.4 Å². The van der Waals surface area contributed by atoms with Crippen LogP contribution < -0.4 is 16.4 Å². The van der Waals surface area contributed by atoms with Gasteiger partial charge in [0.2, 0.25) is 5.91 Å². The minimum atomic E-state index is -0.319.